The fourth-order valence-electron chi connectivity index (χ4n) is 3.10. The van der Waals surface area contributed by atoms with Crippen LogP contribution in [0, 0.1) is 12.8 Å². The third-order valence-corrected chi connectivity index (χ3v) is 4.69. The van der Waals surface area contributed by atoms with E-state index in [-0.39, 0.29) is 0 Å². The van der Waals surface area contributed by atoms with Gasteiger partial charge in [0.1, 0.15) is 0 Å². The molecule has 5 nitrogen and oxygen atoms in total. The molecule has 1 atom stereocenters. The van der Waals surface area contributed by atoms with Gasteiger partial charge in [0, 0.05) is 39.3 Å². The molecule has 1 heterocycles. The number of guanidine groups is 1. The summed E-state index contributed by atoms with van der Waals surface area (Å²) in [5.41, 5.74) is 2.60. The van der Waals surface area contributed by atoms with Crippen LogP contribution < -0.4 is 10.6 Å². The lowest BCUT2D eigenvalue weighted by atomic mass is 10.0. The number of aryl methyl sites for hydroxylation is 1. The summed E-state index contributed by atoms with van der Waals surface area (Å²) in [6.07, 6.45) is 0. The van der Waals surface area contributed by atoms with Gasteiger partial charge in [-0.15, -0.1) is 0 Å². The highest BCUT2D eigenvalue weighted by Crippen LogP contribution is 2.12. The Morgan fingerprint density at radius 1 is 1.21 bits per heavy atom. The average Bonchev–Trinajstić information content (AvgIpc) is 2.59. The van der Waals surface area contributed by atoms with Crippen LogP contribution in [0.4, 0.5) is 0 Å². The van der Waals surface area contributed by atoms with E-state index in [4.69, 9.17) is 4.74 Å². The Balaban J connectivity index is 1.86. The first kappa shape index (κ1) is 18.7. The van der Waals surface area contributed by atoms with Crippen LogP contribution >= 0.6 is 0 Å². The van der Waals surface area contributed by atoms with Gasteiger partial charge in [-0.2, -0.15) is 0 Å². The van der Waals surface area contributed by atoms with E-state index in [0.29, 0.717) is 12.0 Å². The van der Waals surface area contributed by atoms with Gasteiger partial charge < -0.3 is 15.4 Å². The molecule has 0 spiro atoms. The zero-order valence-electron chi connectivity index (χ0n) is 15.5. The van der Waals surface area contributed by atoms with Crippen molar-refractivity contribution in [2.24, 2.45) is 10.9 Å². The Labute approximate surface area is 146 Å². The molecule has 0 radical (unpaired) electrons. The second-order valence-corrected chi connectivity index (χ2v) is 6.69. The number of aliphatic imine (C=N–C) groups is 1. The maximum absolute atomic E-state index is 5.48. The minimum Gasteiger partial charge on any atom is -0.379 e. The predicted molar refractivity (Wildman–Crippen MR) is 100 cm³/mol. The van der Waals surface area contributed by atoms with Gasteiger partial charge in [-0.05, 0) is 24.0 Å². The Kier molecular flexibility index (Phi) is 7.53. The summed E-state index contributed by atoms with van der Waals surface area (Å²) in [4.78, 5) is 6.88. The van der Waals surface area contributed by atoms with E-state index in [0.717, 1.165) is 45.4 Å². The Morgan fingerprint density at radius 2 is 1.92 bits per heavy atom. The van der Waals surface area contributed by atoms with Crippen LogP contribution in [-0.2, 0) is 11.3 Å². The molecule has 2 N–H and O–H groups in total. The molecule has 24 heavy (non-hydrogen) atoms. The summed E-state index contributed by atoms with van der Waals surface area (Å²) < 4.78 is 5.48. The number of ether oxygens (including phenoxy) is 1. The van der Waals surface area contributed by atoms with Crippen LogP contribution in [-0.4, -0.2) is 56.8 Å². The van der Waals surface area contributed by atoms with Crippen molar-refractivity contribution in [3.8, 4) is 0 Å². The van der Waals surface area contributed by atoms with E-state index >= 15 is 0 Å². The molecule has 1 aliphatic rings. The first-order valence-electron chi connectivity index (χ1n) is 8.92. The third kappa shape index (κ3) is 5.49. The average molecular weight is 332 g/mol. The number of morpholine rings is 1. The monoisotopic (exact) mass is 332 g/mol. The molecule has 0 saturated carbocycles. The fourth-order valence-corrected chi connectivity index (χ4v) is 3.10. The largest absolute Gasteiger partial charge is 0.379 e. The number of hydrogen-bond acceptors (Lipinski definition) is 3. The van der Waals surface area contributed by atoms with Crippen molar-refractivity contribution in [2.75, 3.05) is 39.9 Å². The maximum Gasteiger partial charge on any atom is 0.191 e. The zero-order valence-corrected chi connectivity index (χ0v) is 15.5. The molecule has 2 rings (SSSR count). The highest BCUT2D eigenvalue weighted by atomic mass is 16.5. The van der Waals surface area contributed by atoms with Crippen LogP contribution in [0.25, 0.3) is 0 Å². The van der Waals surface area contributed by atoms with Gasteiger partial charge in [0.05, 0.1) is 13.2 Å². The van der Waals surface area contributed by atoms with Crippen molar-refractivity contribution in [2.45, 2.75) is 33.4 Å². The highest BCUT2D eigenvalue weighted by molar-refractivity contribution is 5.79. The smallest absolute Gasteiger partial charge is 0.191 e. The van der Waals surface area contributed by atoms with Gasteiger partial charge >= 0.3 is 0 Å². The minimum atomic E-state index is 0.492. The molecular formula is C19H32N4O. The number of rotatable bonds is 6. The molecule has 1 aromatic carbocycles. The van der Waals surface area contributed by atoms with Crippen molar-refractivity contribution in [3.05, 3.63) is 35.4 Å². The maximum atomic E-state index is 5.48. The molecule has 1 saturated heterocycles. The quantitative estimate of drug-likeness (QED) is 0.618. The molecule has 0 bridgehead atoms. The molecule has 0 aliphatic carbocycles. The SMILES string of the molecule is CN=C(NCc1ccccc1C)NCC(C(C)C)N1CCOCC1. The van der Waals surface area contributed by atoms with E-state index < -0.39 is 0 Å². The minimum absolute atomic E-state index is 0.492. The molecular weight excluding hydrogens is 300 g/mol. The second-order valence-electron chi connectivity index (χ2n) is 6.69. The number of hydrogen-bond donors (Lipinski definition) is 2. The van der Waals surface area contributed by atoms with E-state index in [1.165, 1.54) is 11.1 Å². The van der Waals surface area contributed by atoms with Crippen LogP contribution in [0.1, 0.15) is 25.0 Å². The molecule has 0 amide bonds. The van der Waals surface area contributed by atoms with E-state index in [1.807, 2.05) is 7.05 Å². The fraction of sp³-hybridized carbons (Fsp3) is 0.632. The van der Waals surface area contributed by atoms with Crippen molar-refractivity contribution in [1.82, 2.24) is 15.5 Å². The second kappa shape index (κ2) is 9.64. The molecule has 1 aromatic rings. The molecule has 1 aliphatic heterocycles. The van der Waals surface area contributed by atoms with Crippen molar-refractivity contribution in [1.29, 1.82) is 0 Å². The van der Waals surface area contributed by atoms with Crippen LogP contribution in [0.15, 0.2) is 29.3 Å². The molecule has 5 heteroatoms. The predicted octanol–water partition coefficient (Wildman–Crippen LogP) is 2.02. The van der Waals surface area contributed by atoms with Crippen LogP contribution in [0.2, 0.25) is 0 Å². The zero-order chi connectivity index (χ0) is 17.4. The number of nitrogens with zero attached hydrogens (tertiary/aromatic N) is 2. The topological polar surface area (TPSA) is 48.9 Å². The summed E-state index contributed by atoms with van der Waals surface area (Å²) in [5.74, 6) is 1.45. The first-order chi connectivity index (χ1) is 11.6. The third-order valence-electron chi connectivity index (χ3n) is 4.69. The normalized spacial score (nSPS) is 17.8. The number of benzene rings is 1. The summed E-state index contributed by atoms with van der Waals surface area (Å²) in [7, 11) is 1.83. The Hall–Kier alpha value is -1.59. The van der Waals surface area contributed by atoms with Gasteiger partial charge in [0.15, 0.2) is 5.96 Å². The Bertz CT molecular complexity index is 524. The first-order valence-corrected chi connectivity index (χ1v) is 8.92. The van der Waals surface area contributed by atoms with Crippen LogP contribution in [0.5, 0.6) is 0 Å². The lowest BCUT2D eigenvalue weighted by molar-refractivity contribution is 0.00752. The van der Waals surface area contributed by atoms with Gasteiger partial charge in [-0.3, -0.25) is 9.89 Å². The molecule has 134 valence electrons. The lowest BCUT2D eigenvalue weighted by Crippen LogP contribution is -2.52. The summed E-state index contributed by atoms with van der Waals surface area (Å²) in [6.45, 7) is 12.1. The summed E-state index contributed by atoms with van der Waals surface area (Å²) >= 11 is 0. The molecule has 1 fully saturated rings. The number of nitrogens with one attached hydrogen (secondary N) is 2. The van der Waals surface area contributed by atoms with Gasteiger partial charge in [-0.1, -0.05) is 38.1 Å². The van der Waals surface area contributed by atoms with Gasteiger partial charge in [0.25, 0.3) is 0 Å². The van der Waals surface area contributed by atoms with E-state index in [9.17, 15) is 0 Å². The van der Waals surface area contributed by atoms with Crippen molar-refractivity contribution < 1.29 is 4.74 Å². The van der Waals surface area contributed by atoms with Gasteiger partial charge in [-0.25, -0.2) is 0 Å². The summed E-state index contributed by atoms with van der Waals surface area (Å²) in [6, 6.07) is 8.93. The van der Waals surface area contributed by atoms with Crippen LogP contribution in [0.3, 0.4) is 0 Å². The van der Waals surface area contributed by atoms with E-state index in [2.05, 4.69) is 65.6 Å². The molecule has 0 aromatic heterocycles. The van der Waals surface area contributed by atoms with Crippen molar-refractivity contribution >= 4 is 5.96 Å². The van der Waals surface area contributed by atoms with Crippen molar-refractivity contribution in [3.63, 3.8) is 0 Å². The van der Waals surface area contributed by atoms with E-state index in [1.54, 1.807) is 0 Å². The van der Waals surface area contributed by atoms with Gasteiger partial charge in [0.2, 0.25) is 0 Å². The molecule has 1 unspecified atom stereocenters. The summed E-state index contributed by atoms with van der Waals surface area (Å²) in [5, 5.41) is 6.91. The lowest BCUT2D eigenvalue weighted by Gasteiger charge is -2.37. The Morgan fingerprint density at radius 3 is 2.54 bits per heavy atom. The standard InChI is InChI=1S/C19H32N4O/c1-15(2)18(23-9-11-24-12-10-23)14-22-19(20-4)21-13-17-8-6-5-7-16(17)3/h5-8,15,18H,9-14H2,1-4H3,(H2,20,21,22). The highest BCUT2D eigenvalue weighted by Gasteiger charge is 2.23.